The van der Waals surface area contributed by atoms with Gasteiger partial charge in [-0.1, -0.05) is 11.6 Å². The first kappa shape index (κ1) is 11.8. The number of anilines is 1. The van der Waals surface area contributed by atoms with Crippen molar-refractivity contribution in [1.29, 1.82) is 0 Å². The second-order valence-corrected chi connectivity index (χ2v) is 5.76. The molecule has 6 heteroatoms. The molecule has 16 heavy (non-hydrogen) atoms. The van der Waals surface area contributed by atoms with E-state index < -0.39 is 0 Å². The Morgan fingerprint density at radius 1 is 1.44 bits per heavy atom. The number of nitrogens with one attached hydrogen (secondary N) is 1. The Bertz CT molecular complexity index is 475. The third kappa shape index (κ3) is 3.17. The Hall–Kier alpha value is -0.650. The van der Waals surface area contributed by atoms with Gasteiger partial charge < -0.3 is 5.32 Å². The summed E-state index contributed by atoms with van der Waals surface area (Å²) in [6, 6.07) is 3.96. The van der Waals surface area contributed by atoms with E-state index in [0.29, 0.717) is 0 Å². The van der Waals surface area contributed by atoms with Crippen molar-refractivity contribution >= 4 is 44.7 Å². The minimum atomic E-state index is 0.817. The summed E-state index contributed by atoms with van der Waals surface area (Å²) in [6.45, 7) is 0.826. The van der Waals surface area contributed by atoms with E-state index in [1.165, 1.54) is 11.2 Å². The standard InChI is InChI=1S/C10H9BrClN3S/c11-8-5-13-6-15-10(8)14-4-3-7-1-2-9(12)16-7/h1-2,5-6H,3-4H2,(H,13,14,15). The molecule has 0 bridgehead atoms. The Morgan fingerprint density at radius 3 is 3.00 bits per heavy atom. The first-order valence-electron chi connectivity index (χ1n) is 4.69. The number of hydrogen-bond acceptors (Lipinski definition) is 4. The number of thiophene rings is 1. The molecule has 0 aliphatic heterocycles. The number of nitrogens with zero attached hydrogens (tertiary/aromatic N) is 2. The molecule has 84 valence electrons. The molecule has 0 atom stereocenters. The van der Waals surface area contributed by atoms with E-state index >= 15 is 0 Å². The third-order valence-corrected chi connectivity index (χ3v) is 3.83. The van der Waals surface area contributed by atoms with E-state index in [9.17, 15) is 0 Å². The van der Waals surface area contributed by atoms with Crippen molar-refractivity contribution in [2.24, 2.45) is 0 Å². The van der Waals surface area contributed by atoms with Gasteiger partial charge in [-0.3, -0.25) is 0 Å². The second kappa shape index (κ2) is 5.61. The molecule has 0 saturated heterocycles. The van der Waals surface area contributed by atoms with Gasteiger partial charge in [0.1, 0.15) is 12.1 Å². The van der Waals surface area contributed by atoms with Crippen LogP contribution in [-0.2, 0) is 6.42 Å². The van der Waals surface area contributed by atoms with E-state index in [-0.39, 0.29) is 0 Å². The van der Waals surface area contributed by atoms with Crippen molar-refractivity contribution in [2.75, 3.05) is 11.9 Å². The van der Waals surface area contributed by atoms with Gasteiger partial charge in [-0.05, 0) is 34.5 Å². The topological polar surface area (TPSA) is 37.8 Å². The lowest BCUT2D eigenvalue weighted by Gasteiger charge is -2.05. The van der Waals surface area contributed by atoms with Crippen LogP contribution in [0.25, 0.3) is 0 Å². The zero-order valence-electron chi connectivity index (χ0n) is 8.28. The molecule has 2 rings (SSSR count). The Labute approximate surface area is 111 Å². The van der Waals surface area contributed by atoms with Crippen LogP contribution in [0, 0.1) is 0 Å². The number of aromatic nitrogens is 2. The monoisotopic (exact) mass is 317 g/mol. The maximum absolute atomic E-state index is 5.85. The fourth-order valence-electron chi connectivity index (χ4n) is 1.23. The molecule has 0 aliphatic rings. The van der Waals surface area contributed by atoms with Crippen LogP contribution < -0.4 is 5.32 Å². The Balaban J connectivity index is 1.87. The highest BCUT2D eigenvalue weighted by Crippen LogP contribution is 2.22. The van der Waals surface area contributed by atoms with E-state index in [4.69, 9.17) is 11.6 Å². The summed E-state index contributed by atoms with van der Waals surface area (Å²) in [5.74, 6) is 0.817. The quantitative estimate of drug-likeness (QED) is 0.936. The zero-order chi connectivity index (χ0) is 11.4. The Kier molecular flexibility index (Phi) is 4.15. The Morgan fingerprint density at radius 2 is 2.31 bits per heavy atom. The van der Waals surface area contributed by atoms with Gasteiger partial charge in [-0.25, -0.2) is 9.97 Å². The van der Waals surface area contributed by atoms with Crippen LogP contribution in [0.3, 0.4) is 0 Å². The molecule has 0 unspecified atom stereocenters. The lowest BCUT2D eigenvalue weighted by Crippen LogP contribution is -2.06. The van der Waals surface area contributed by atoms with Crippen molar-refractivity contribution in [1.82, 2.24) is 9.97 Å². The highest BCUT2D eigenvalue weighted by Gasteiger charge is 2.01. The van der Waals surface area contributed by atoms with E-state index in [0.717, 1.165) is 27.6 Å². The highest BCUT2D eigenvalue weighted by molar-refractivity contribution is 9.10. The van der Waals surface area contributed by atoms with Crippen LogP contribution in [-0.4, -0.2) is 16.5 Å². The van der Waals surface area contributed by atoms with Gasteiger partial charge in [0.15, 0.2) is 0 Å². The van der Waals surface area contributed by atoms with Gasteiger partial charge in [0.2, 0.25) is 0 Å². The summed E-state index contributed by atoms with van der Waals surface area (Å²) < 4.78 is 1.71. The van der Waals surface area contributed by atoms with Crippen molar-refractivity contribution < 1.29 is 0 Å². The molecule has 1 N–H and O–H groups in total. The summed E-state index contributed by atoms with van der Waals surface area (Å²) in [4.78, 5) is 9.29. The summed E-state index contributed by atoms with van der Waals surface area (Å²) in [6.07, 6.45) is 4.18. The predicted octanol–water partition coefficient (Wildman–Crippen LogP) is 3.61. The number of rotatable bonds is 4. The lowest BCUT2D eigenvalue weighted by molar-refractivity contribution is 1.01. The maximum atomic E-state index is 5.85. The number of hydrogen-bond donors (Lipinski definition) is 1. The zero-order valence-corrected chi connectivity index (χ0v) is 11.4. The first-order chi connectivity index (χ1) is 7.75. The van der Waals surface area contributed by atoms with Crippen LogP contribution >= 0.6 is 38.9 Å². The largest absolute Gasteiger partial charge is 0.369 e. The van der Waals surface area contributed by atoms with Gasteiger partial charge >= 0.3 is 0 Å². The molecule has 0 spiro atoms. The van der Waals surface area contributed by atoms with Crippen LogP contribution in [0.1, 0.15) is 4.88 Å². The molecule has 2 aromatic rings. The molecule has 0 fully saturated rings. The third-order valence-electron chi connectivity index (χ3n) is 1.96. The minimum absolute atomic E-state index is 0.817. The second-order valence-electron chi connectivity index (χ2n) is 3.10. The average molecular weight is 319 g/mol. The molecule has 0 amide bonds. The molecule has 0 aromatic carbocycles. The normalized spacial score (nSPS) is 10.4. The van der Waals surface area contributed by atoms with E-state index in [1.807, 2.05) is 12.1 Å². The highest BCUT2D eigenvalue weighted by atomic mass is 79.9. The van der Waals surface area contributed by atoms with Crippen molar-refractivity contribution in [3.05, 3.63) is 38.3 Å². The van der Waals surface area contributed by atoms with Crippen molar-refractivity contribution in [2.45, 2.75) is 6.42 Å². The van der Waals surface area contributed by atoms with Crippen LogP contribution in [0.2, 0.25) is 4.34 Å². The first-order valence-corrected chi connectivity index (χ1v) is 6.68. The van der Waals surface area contributed by atoms with Crippen LogP contribution in [0.15, 0.2) is 29.1 Å². The maximum Gasteiger partial charge on any atom is 0.143 e. The van der Waals surface area contributed by atoms with Gasteiger partial charge in [-0.15, -0.1) is 11.3 Å². The smallest absolute Gasteiger partial charge is 0.143 e. The van der Waals surface area contributed by atoms with E-state index in [2.05, 4.69) is 31.2 Å². The SMILES string of the molecule is Clc1ccc(CCNc2ncncc2Br)s1. The molecule has 0 saturated carbocycles. The average Bonchev–Trinajstić information content (AvgIpc) is 2.67. The van der Waals surface area contributed by atoms with Gasteiger partial charge in [0.25, 0.3) is 0 Å². The molecule has 2 heterocycles. The van der Waals surface area contributed by atoms with Gasteiger partial charge in [0, 0.05) is 17.6 Å². The summed E-state index contributed by atoms with van der Waals surface area (Å²) in [7, 11) is 0. The van der Waals surface area contributed by atoms with E-state index in [1.54, 1.807) is 17.5 Å². The molecular weight excluding hydrogens is 310 g/mol. The molecule has 0 aliphatic carbocycles. The van der Waals surface area contributed by atoms with Crippen molar-refractivity contribution in [3.8, 4) is 0 Å². The predicted molar refractivity (Wildman–Crippen MR) is 71.3 cm³/mol. The van der Waals surface area contributed by atoms with Crippen molar-refractivity contribution in [3.63, 3.8) is 0 Å². The molecule has 3 nitrogen and oxygen atoms in total. The number of halogens is 2. The van der Waals surface area contributed by atoms with Crippen LogP contribution in [0.5, 0.6) is 0 Å². The summed E-state index contributed by atoms with van der Waals surface area (Å²) in [5.41, 5.74) is 0. The molecular formula is C10H9BrClN3S. The summed E-state index contributed by atoms with van der Waals surface area (Å²) in [5, 5.41) is 3.24. The fourth-order valence-corrected chi connectivity index (χ4v) is 2.68. The van der Waals surface area contributed by atoms with Gasteiger partial charge in [-0.2, -0.15) is 0 Å². The molecule has 0 radical (unpaired) electrons. The van der Waals surface area contributed by atoms with Crippen LogP contribution in [0.4, 0.5) is 5.82 Å². The summed E-state index contributed by atoms with van der Waals surface area (Å²) >= 11 is 10.8. The van der Waals surface area contributed by atoms with Gasteiger partial charge in [0.05, 0.1) is 8.81 Å². The molecule has 2 aromatic heterocycles. The minimum Gasteiger partial charge on any atom is -0.369 e. The lowest BCUT2D eigenvalue weighted by atomic mass is 10.3. The fraction of sp³-hybridized carbons (Fsp3) is 0.200.